The van der Waals surface area contributed by atoms with E-state index < -0.39 is 0 Å². The number of fused-ring (bicyclic) bond motifs is 1. The van der Waals surface area contributed by atoms with E-state index in [0.29, 0.717) is 11.9 Å². The Hall–Kier alpha value is -0.0300. The predicted molar refractivity (Wildman–Crippen MR) is 83.4 cm³/mol. The molecule has 2 aliphatic heterocycles. The minimum atomic E-state index is 0. The van der Waals surface area contributed by atoms with Gasteiger partial charge in [0.1, 0.15) is 0 Å². The van der Waals surface area contributed by atoms with Crippen molar-refractivity contribution in [2.75, 3.05) is 39.8 Å². The van der Waals surface area contributed by atoms with Crippen molar-refractivity contribution in [2.45, 2.75) is 32.2 Å². The lowest BCUT2D eigenvalue weighted by Gasteiger charge is -2.44. The summed E-state index contributed by atoms with van der Waals surface area (Å²) in [4.78, 5) is 16.9. The highest BCUT2D eigenvalue weighted by molar-refractivity contribution is 5.85. The zero-order valence-corrected chi connectivity index (χ0v) is 13.6. The second-order valence-corrected chi connectivity index (χ2v) is 5.43. The van der Waals surface area contributed by atoms with Crippen molar-refractivity contribution in [2.24, 2.45) is 5.92 Å². The topological polar surface area (TPSA) is 35.6 Å². The Morgan fingerprint density at radius 2 is 2.00 bits per heavy atom. The number of rotatable bonds is 3. The van der Waals surface area contributed by atoms with Crippen LogP contribution in [0, 0.1) is 5.92 Å². The first-order chi connectivity index (χ1) is 8.22. The number of nitrogens with one attached hydrogen (secondary N) is 1. The van der Waals surface area contributed by atoms with E-state index in [0.717, 1.165) is 26.2 Å². The highest BCUT2D eigenvalue weighted by atomic mass is 35.5. The molecule has 0 saturated carbocycles. The molecular weight excluding hydrogens is 285 g/mol. The van der Waals surface area contributed by atoms with Crippen molar-refractivity contribution < 1.29 is 4.79 Å². The summed E-state index contributed by atoms with van der Waals surface area (Å²) in [7, 11) is 1.91. The van der Waals surface area contributed by atoms with Crippen LogP contribution in [0.15, 0.2) is 0 Å². The zero-order chi connectivity index (χ0) is 12.3. The Labute approximate surface area is 129 Å². The second kappa shape index (κ2) is 9.01. The summed E-state index contributed by atoms with van der Waals surface area (Å²) < 4.78 is 0. The average Bonchev–Trinajstić information content (AvgIpc) is 2.37. The highest BCUT2D eigenvalue weighted by Gasteiger charge is 2.32. The Morgan fingerprint density at radius 3 is 2.68 bits per heavy atom. The van der Waals surface area contributed by atoms with Crippen LogP contribution < -0.4 is 5.32 Å². The molecule has 2 aliphatic rings. The lowest BCUT2D eigenvalue weighted by Crippen LogP contribution is -2.57. The molecule has 6 heteroatoms. The number of halogens is 2. The zero-order valence-electron chi connectivity index (χ0n) is 11.9. The van der Waals surface area contributed by atoms with Crippen LogP contribution in [0.25, 0.3) is 0 Å². The molecule has 0 aliphatic carbocycles. The second-order valence-electron chi connectivity index (χ2n) is 5.43. The number of amides is 1. The third-order valence-corrected chi connectivity index (χ3v) is 4.08. The molecule has 2 saturated heterocycles. The molecule has 1 N–H and O–H groups in total. The van der Waals surface area contributed by atoms with Gasteiger partial charge in [0.05, 0.1) is 0 Å². The standard InChI is InChI=1S/C13H25N3O.2ClH/c1-11(9-14-2)13(17)16-8-7-15-6-4-3-5-12(15)10-16;;/h11-12,14H,3-10H2,1-2H3;2*1H. The molecule has 0 radical (unpaired) electrons. The maximum atomic E-state index is 12.2. The van der Waals surface area contributed by atoms with E-state index in [1.807, 2.05) is 14.0 Å². The molecule has 0 aromatic heterocycles. The fourth-order valence-corrected chi connectivity index (χ4v) is 3.06. The molecule has 4 nitrogen and oxygen atoms in total. The van der Waals surface area contributed by atoms with Crippen LogP contribution in [0.5, 0.6) is 0 Å². The minimum absolute atomic E-state index is 0. The van der Waals surface area contributed by atoms with Gasteiger partial charge >= 0.3 is 0 Å². The number of piperidine rings is 1. The molecule has 0 aromatic rings. The Bertz CT molecular complexity index is 279. The van der Waals surface area contributed by atoms with Crippen molar-refractivity contribution in [3.05, 3.63) is 0 Å². The lowest BCUT2D eigenvalue weighted by molar-refractivity contribution is -0.138. The Kier molecular flexibility index (Phi) is 8.99. The summed E-state index contributed by atoms with van der Waals surface area (Å²) in [6.07, 6.45) is 3.93. The SMILES string of the molecule is CNCC(C)C(=O)N1CCN2CCCCC2C1.Cl.Cl. The fourth-order valence-electron chi connectivity index (χ4n) is 3.06. The van der Waals surface area contributed by atoms with Crippen LogP contribution >= 0.6 is 24.8 Å². The van der Waals surface area contributed by atoms with E-state index in [2.05, 4.69) is 15.1 Å². The van der Waals surface area contributed by atoms with Crippen LogP contribution in [-0.4, -0.2) is 61.5 Å². The first-order valence-corrected chi connectivity index (χ1v) is 6.90. The van der Waals surface area contributed by atoms with Crippen LogP contribution in [-0.2, 0) is 4.79 Å². The van der Waals surface area contributed by atoms with Crippen LogP contribution in [0.4, 0.5) is 0 Å². The first kappa shape index (κ1) is 19.0. The van der Waals surface area contributed by atoms with Gasteiger partial charge in [-0.15, -0.1) is 24.8 Å². The molecule has 0 bridgehead atoms. The molecule has 114 valence electrons. The van der Waals surface area contributed by atoms with Gasteiger partial charge < -0.3 is 10.2 Å². The summed E-state index contributed by atoms with van der Waals surface area (Å²) in [6, 6.07) is 0.628. The average molecular weight is 312 g/mol. The number of carbonyl (C=O) groups is 1. The highest BCUT2D eigenvalue weighted by Crippen LogP contribution is 2.21. The number of piperazine rings is 1. The molecule has 1 amide bonds. The van der Waals surface area contributed by atoms with E-state index in [4.69, 9.17) is 0 Å². The van der Waals surface area contributed by atoms with Gasteiger partial charge in [-0.3, -0.25) is 9.69 Å². The Balaban J connectivity index is 0.00000162. The molecule has 19 heavy (non-hydrogen) atoms. The quantitative estimate of drug-likeness (QED) is 0.855. The maximum Gasteiger partial charge on any atom is 0.226 e. The van der Waals surface area contributed by atoms with E-state index in [1.54, 1.807) is 0 Å². The molecule has 2 rings (SSSR count). The molecule has 2 unspecified atom stereocenters. The molecular formula is C13H27Cl2N3O. The van der Waals surface area contributed by atoms with Crippen LogP contribution in [0.3, 0.4) is 0 Å². The Morgan fingerprint density at radius 1 is 1.26 bits per heavy atom. The fraction of sp³-hybridized carbons (Fsp3) is 0.923. The number of hydrogen-bond donors (Lipinski definition) is 1. The predicted octanol–water partition coefficient (Wildman–Crippen LogP) is 1.38. The van der Waals surface area contributed by atoms with Crippen LogP contribution in [0.1, 0.15) is 26.2 Å². The van der Waals surface area contributed by atoms with Gasteiger partial charge in [-0.1, -0.05) is 13.3 Å². The summed E-state index contributed by atoms with van der Waals surface area (Å²) in [5.41, 5.74) is 0. The van der Waals surface area contributed by atoms with Gasteiger partial charge in [-0.25, -0.2) is 0 Å². The lowest BCUT2D eigenvalue weighted by atomic mass is 9.98. The number of carbonyl (C=O) groups excluding carboxylic acids is 1. The minimum Gasteiger partial charge on any atom is -0.340 e. The monoisotopic (exact) mass is 311 g/mol. The van der Waals surface area contributed by atoms with Gasteiger partial charge in [0.25, 0.3) is 0 Å². The van der Waals surface area contributed by atoms with Crippen molar-refractivity contribution in [1.29, 1.82) is 0 Å². The van der Waals surface area contributed by atoms with Crippen molar-refractivity contribution in [3.63, 3.8) is 0 Å². The number of hydrogen-bond acceptors (Lipinski definition) is 3. The largest absolute Gasteiger partial charge is 0.340 e. The first-order valence-electron chi connectivity index (χ1n) is 6.90. The van der Waals surface area contributed by atoms with E-state index >= 15 is 0 Å². The normalized spacial score (nSPS) is 24.7. The van der Waals surface area contributed by atoms with Gasteiger partial charge in [0, 0.05) is 38.1 Å². The van der Waals surface area contributed by atoms with Gasteiger partial charge in [-0.2, -0.15) is 0 Å². The molecule has 2 atom stereocenters. The summed E-state index contributed by atoms with van der Waals surface area (Å²) in [5.74, 6) is 0.430. The molecule has 0 aromatic carbocycles. The van der Waals surface area contributed by atoms with Gasteiger partial charge in [0.2, 0.25) is 5.91 Å². The summed E-state index contributed by atoms with van der Waals surface area (Å²) in [5, 5.41) is 3.09. The van der Waals surface area contributed by atoms with Gasteiger partial charge in [0.15, 0.2) is 0 Å². The summed E-state index contributed by atoms with van der Waals surface area (Å²) >= 11 is 0. The van der Waals surface area contributed by atoms with E-state index in [1.165, 1.54) is 25.8 Å². The van der Waals surface area contributed by atoms with Crippen molar-refractivity contribution in [1.82, 2.24) is 15.1 Å². The molecule has 0 spiro atoms. The van der Waals surface area contributed by atoms with Crippen molar-refractivity contribution >= 4 is 30.7 Å². The van der Waals surface area contributed by atoms with E-state index in [-0.39, 0.29) is 30.7 Å². The maximum absolute atomic E-state index is 12.2. The number of nitrogens with zero attached hydrogens (tertiary/aromatic N) is 2. The van der Waals surface area contributed by atoms with Crippen molar-refractivity contribution in [3.8, 4) is 0 Å². The summed E-state index contributed by atoms with van der Waals surface area (Å²) in [6.45, 7) is 6.98. The third-order valence-electron chi connectivity index (χ3n) is 4.08. The molecule has 2 fully saturated rings. The third kappa shape index (κ3) is 4.78. The van der Waals surface area contributed by atoms with Crippen LogP contribution in [0.2, 0.25) is 0 Å². The van der Waals surface area contributed by atoms with Gasteiger partial charge in [-0.05, 0) is 26.4 Å². The van der Waals surface area contributed by atoms with E-state index in [9.17, 15) is 4.79 Å². The smallest absolute Gasteiger partial charge is 0.226 e. The molecule has 2 heterocycles.